The number of aromatic hydroxyl groups is 2. The summed E-state index contributed by atoms with van der Waals surface area (Å²) in [7, 11) is -9.75. The van der Waals surface area contributed by atoms with E-state index in [1.54, 1.807) is 60.7 Å². The van der Waals surface area contributed by atoms with Crippen LogP contribution in [0.4, 0.5) is 34.1 Å². The van der Waals surface area contributed by atoms with Gasteiger partial charge in [-0.25, -0.2) is 0 Å². The van der Waals surface area contributed by atoms with Crippen LogP contribution < -0.4 is 10.6 Å². The molecule has 0 aliphatic carbocycles. The summed E-state index contributed by atoms with van der Waals surface area (Å²) in [5, 5.41) is 43.5. The summed E-state index contributed by atoms with van der Waals surface area (Å²) in [5.74, 6) is -2.30. The second-order valence-corrected chi connectivity index (χ2v) is 15.3. The van der Waals surface area contributed by atoms with Gasteiger partial charge in [-0.3, -0.25) is 18.7 Å². The SMILES string of the molecule is O=C(Nc1ccc2c(O)c(N=Nc3ccccc3)c(S(=O)(=O)O)cc2c1)c1ccc(C(=O)Nc2ccc3c(O)c(N=Nc4ccccc4)c(S(=O)(=O)O)cc3c2)cc1. The summed E-state index contributed by atoms with van der Waals surface area (Å²) in [5.41, 5.74) is 0.529. The van der Waals surface area contributed by atoms with Gasteiger partial charge in [0.25, 0.3) is 32.1 Å². The number of azo groups is 2. The van der Waals surface area contributed by atoms with Gasteiger partial charge in [-0.15, -0.1) is 10.2 Å². The van der Waals surface area contributed by atoms with Gasteiger partial charge in [0.2, 0.25) is 0 Å². The van der Waals surface area contributed by atoms with Crippen LogP contribution in [0.3, 0.4) is 0 Å². The first-order valence-electron chi connectivity index (χ1n) is 16.9. The maximum Gasteiger partial charge on any atom is 0.296 e. The third-order valence-electron chi connectivity index (χ3n) is 8.63. The van der Waals surface area contributed by atoms with Crippen LogP contribution in [0.5, 0.6) is 11.5 Å². The lowest BCUT2D eigenvalue weighted by atomic mass is 10.1. The molecule has 0 atom stereocenters. The largest absolute Gasteiger partial charge is 0.505 e. The lowest BCUT2D eigenvalue weighted by molar-refractivity contribution is 0.101. The highest BCUT2D eigenvalue weighted by Crippen LogP contribution is 2.43. The van der Waals surface area contributed by atoms with E-state index in [0.717, 1.165) is 12.1 Å². The van der Waals surface area contributed by atoms with Gasteiger partial charge in [-0.1, -0.05) is 36.4 Å². The highest BCUT2D eigenvalue weighted by atomic mass is 32.2. The average Bonchev–Trinajstić information content (AvgIpc) is 3.20. The Morgan fingerprint density at radius 2 is 0.828 bits per heavy atom. The molecule has 18 heteroatoms. The van der Waals surface area contributed by atoms with Crippen molar-refractivity contribution in [2.24, 2.45) is 20.5 Å². The van der Waals surface area contributed by atoms with Crippen LogP contribution in [0, 0.1) is 0 Å². The van der Waals surface area contributed by atoms with Crippen molar-refractivity contribution in [3.8, 4) is 11.5 Å². The van der Waals surface area contributed by atoms with Crippen molar-refractivity contribution in [1.29, 1.82) is 0 Å². The normalized spacial score (nSPS) is 12.0. The number of fused-ring (bicyclic) bond motifs is 2. The van der Waals surface area contributed by atoms with Gasteiger partial charge in [0, 0.05) is 33.3 Å². The highest BCUT2D eigenvalue weighted by molar-refractivity contribution is 7.86. The molecule has 0 heterocycles. The Morgan fingerprint density at radius 1 is 0.466 bits per heavy atom. The van der Waals surface area contributed by atoms with E-state index in [1.165, 1.54) is 60.7 Å². The minimum atomic E-state index is -4.87. The Balaban J connectivity index is 1.08. The molecule has 7 aromatic rings. The number of hydrogen-bond acceptors (Lipinski definition) is 12. The molecule has 0 saturated heterocycles. The first-order chi connectivity index (χ1) is 27.7. The quantitative estimate of drug-likeness (QED) is 0.0563. The van der Waals surface area contributed by atoms with Crippen molar-refractivity contribution in [1.82, 2.24) is 0 Å². The minimum Gasteiger partial charge on any atom is -0.505 e. The van der Waals surface area contributed by atoms with Gasteiger partial charge in [0.05, 0.1) is 11.4 Å². The number of nitrogens with zero attached hydrogens (tertiary/aromatic N) is 4. The zero-order chi connectivity index (χ0) is 41.2. The van der Waals surface area contributed by atoms with Crippen molar-refractivity contribution in [3.05, 3.63) is 145 Å². The summed E-state index contributed by atoms with van der Waals surface area (Å²) in [6.07, 6.45) is 0. The fourth-order valence-corrected chi connectivity index (χ4v) is 7.15. The van der Waals surface area contributed by atoms with Crippen molar-refractivity contribution >= 4 is 87.7 Å². The van der Waals surface area contributed by atoms with E-state index < -0.39 is 64.7 Å². The van der Waals surface area contributed by atoms with E-state index in [0.29, 0.717) is 11.4 Å². The van der Waals surface area contributed by atoms with Crippen LogP contribution in [0.2, 0.25) is 0 Å². The summed E-state index contributed by atoms with van der Waals surface area (Å²) < 4.78 is 68.9. The molecule has 0 aliphatic heterocycles. The Hall–Kier alpha value is -7.38. The van der Waals surface area contributed by atoms with E-state index in [-0.39, 0.29) is 44.0 Å². The number of phenols is 2. The number of phenolic OH excluding ortho intramolecular Hbond substituents is 2. The summed E-state index contributed by atoms with van der Waals surface area (Å²) in [4.78, 5) is 24.9. The predicted octanol–water partition coefficient (Wildman–Crippen LogP) is 9.23. The molecular weight excluding hydrogens is 789 g/mol. The van der Waals surface area contributed by atoms with Crippen molar-refractivity contribution < 1.29 is 45.7 Å². The number of amides is 2. The van der Waals surface area contributed by atoms with Gasteiger partial charge in [-0.05, 0) is 108 Å². The molecule has 0 spiro atoms. The fourth-order valence-electron chi connectivity index (χ4n) is 5.83. The third-order valence-corrected chi connectivity index (χ3v) is 10.4. The Labute approximate surface area is 329 Å². The lowest BCUT2D eigenvalue weighted by Crippen LogP contribution is -2.14. The number of anilines is 2. The van der Waals surface area contributed by atoms with E-state index in [2.05, 4.69) is 31.1 Å². The standard InChI is InChI=1S/C40H28N6O10S2/c47-37-31-17-15-29(19-25(31)21-33(57(51,52)53)35(37)45-43-27-7-3-1-4-8-27)41-39(49)23-11-13-24(14-12-23)40(50)42-30-16-18-32-26(20-30)22-34(58(54,55)56)36(38(32)48)46-44-28-9-5-2-6-10-28/h1-22,47-48H,(H,41,49)(H,42,50)(H,51,52,53)(H,54,55,56). The van der Waals surface area contributed by atoms with Gasteiger partial charge in [0.15, 0.2) is 11.5 Å². The topological polar surface area (TPSA) is 257 Å². The fraction of sp³-hybridized carbons (Fsp3) is 0. The van der Waals surface area contributed by atoms with Gasteiger partial charge < -0.3 is 20.8 Å². The second kappa shape index (κ2) is 15.6. The Bertz CT molecular complexity index is 2850. The van der Waals surface area contributed by atoms with Crippen LogP contribution in [-0.2, 0) is 20.2 Å². The maximum absolute atomic E-state index is 13.2. The van der Waals surface area contributed by atoms with Gasteiger partial charge >= 0.3 is 0 Å². The van der Waals surface area contributed by atoms with E-state index >= 15 is 0 Å². The van der Waals surface area contributed by atoms with Crippen LogP contribution >= 0.6 is 0 Å². The second-order valence-electron chi connectivity index (χ2n) is 12.5. The molecule has 0 aromatic heterocycles. The number of hydrogen-bond donors (Lipinski definition) is 6. The lowest BCUT2D eigenvalue weighted by Gasteiger charge is -2.12. The molecule has 0 bridgehead atoms. The zero-order valence-electron chi connectivity index (χ0n) is 29.5. The predicted molar refractivity (Wildman–Crippen MR) is 214 cm³/mol. The number of rotatable bonds is 10. The molecule has 2 amide bonds. The summed E-state index contributed by atoms with van der Waals surface area (Å²) >= 11 is 0. The molecule has 6 N–H and O–H groups in total. The van der Waals surface area contributed by atoms with E-state index in [9.17, 15) is 45.7 Å². The molecule has 0 saturated carbocycles. The molecular formula is C40H28N6O10S2. The zero-order valence-corrected chi connectivity index (χ0v) is 31.2. The van der Waals surface area contributed by atoms with Crippen LogP contribution in [0.25, 0.3) is 21.5 Å². The molecule has 290 valence electrons. The smallest absolute Gasteiger partial charge is 0.296 e. The molecule has 7 aromatic carbocycles. The maximum atomic E-state index is 13.2. The van der Waals surface area contributed by atoms with Crippen LogP contribution in [-0.4, -0.2) is 48.0 Å². The van der Waals surface area contributed by atoms with E-state index in [4.69, 9.17) is 0 Å². The molecule has 0 radical (unpaired) electrons. The number of nitrogens with one attached hydrogen (secondary N) is 2. The molecule has 7 rings (SSSR count). The first-order valence-corrected chi connectivity index (χ1v) is 19.7. The van der Waals surface area contributed by atoms with Crippen LogP contribution in [0.15, 0.2) is 164 Å². The molecule has 0 fully saturated rings. The Kier molecular flexibility index (Phi) is 10.5. The number of carbonyl (C=O) groups excluding carboxylic acids is 2. The van der Waals surface area contributed by atoms with E-state index in [1.807, 2.05) is 0 Å². The molecule has 0 unspecified atom stereocenters. The monoisotopic (exact) mass is 816 g/mol. The first kappa shape index (κ1) is 38.9. The minimum absolute atomic E-state index is 0.147. The molecule has 16 nitrogen and oxygen atoms in total. The number of benzene rings is 7. The Morgan fingerprint density at radius 3 is 1.17 bits per heavy atom. The van der Waals surface area contributed by atoms with Crippen molar-refractivity contribution in [2.45, 2.75) is 9.79 Å². The van der Waals surface area contributed by atoms with Crippen LogP contribution in [0.1, 0.15) is 20.7 Å². The third kappa shape index (κ3) is 8.39. The van der Waals surface area contributed by atoms with Crippen molar-refractivity contribution in [2.75, 3.05) is 10.6 Å². The summed E-state index contributed by atoms with van der Waals surface area (Å²) in [6.45, 7) is 0. The van der Waals surface area contributed by atoms with Crippen molar-refractivity contribution in [3.63, 3.8) is 0 Å². The highest BCUT2D eigenvalue weighted by Gasteiger charge is 2.24. The summed E-state index contributed by atoms with van der Waals surface area (Å²) in [6, 6.07) is 33.0. The van der Waals surface area contributed by atoms with Gasteiger partial charge in [-0.2, -0.15) is 27.1 Å². The van der Waals surface area contributed by atoms with Gasteiger partial charge in [0.1, 0.15) is 21.2 Å². The molecule has 58 heavy (non-hydrogen) atoms. The number of carbonyl (C=O) groups is 2. The average molecular weight is 817 g/mol. The molecule has 0 aliphatic rings.